The van der Waals surface area contributed by atoms with Crippen molar-refractivity contribution >= 4 is 5.91 Å². The van der Waals surface area contributed by atoms with Crippen LogP contribution in [0.4, 0.5) is 4.39 Å². The monoisotopic (exact) mass is 380 g/mol. The van der Waals surface area contributed by atoms with Crippen LogP contribution in [-0.2, 0) is 6.61 Å². The van der Waals surface area contributed by atoms with Gasteiger partial charge in [0.1, 0.15) is 12.4 Å². The molecule has 0 unspecified atom stereocenters. The Labute approximate surface area is 163 Å². The Morgan fingerprint density at radius 1 is 1.11 bits per heavy atom. The van der Waals surface area contributed by atoms with E-state index in [0.717, 1.165) is 5.56 Å². The zero-order valence-electron chi connectivity index (χ0n) is 15.7. The molecule has 0 spiro atoms. The average molecular weight is 380 g/mol. The summed E-state index contributed by atoms with van der Waals surface area (Å²) in [6.07, 6.45) is 3.38. The fourth-order valence-corrected chi connectivity index (χ4v) is 2.71. The fraction of sp³-hybridized carbons (Fsp3) is 0.182. The maximum Gasteiger partial charge on any atom is 0.251 e. The lowest BCUT2D eigenvalue weighted by Gasteiger charge is -2.16. The quantitative estimate of drug-likeness (QED) is 0.664. The van der Waals surface area contributed by atoms with E-state index in [-0.39, 0.29) is 17.8 Å². The Morgan fingerprint density at radius 2 is 1.89 bits per heavy atom. The Kier molecular flexibility index (Phi) is 6.22. The van der Waals surface area contributed by atoms with Crippen molar-refractivity contribution in [3.05, 3.63) is 89.5 Å². The Bertz CT molecular complexity index is 948. The van der Waals surface area contributed by atoms with Crippen LogP contribution in [0, 0.1) is 5.82 Å². The highest BCUT2D eigenvalue weighted by Gasteiger charge is 2.15. The summed E-state index contributed by atoms with van der Waals surface area (Å²) >= 11 is 0. The van der Waals surface area contributed by atoms with Crippen molar-refractivity contribution in [3.8, 4) is 11.5 Å². The Hall–Kier alpha value is -3.41. The highest BCUT2D eigenvalue weighted by molar-refractivity contribution is 5.95. The third-order valence-corrected chi connectivity index (χ3v) is 4.27. The van der Waals surface area contributed by atoms with Crippen molar-refractivity contribution in [1.82, 2.24) is 10.3 Å². The first-order valence-electron chi connectivity index (χ1n) is 8.83. The molecule has 28 heavy (non-hydrogen) atoms. The summed E-state index contributed by atoms with van der Waals surface area (Å²) < 4.78 is 24.6. The molecule has 0 aliphatic heterocycles. The normalized spacial score (nSPS) is 11.5. The van der Waals surface area contributed by atoms with E-state index in [4.69, 9.17) is 9.47 Å². The number of carbonyl (C=O) groups is 1. The van der Waals surface area contributed by atoms with Crippen LogP contribution >= 0.6 is 0 Å². The van der Waals surface area contributed by atoms with Gasteiger partial charge in [0, 0.05) is 18.0 Å². The van der Waals surface area contributed by atoms with E-state index in [0.29, 0.717) is 29.2 Å². The molecule has 0 aliphatic carbocycles. The Balaban J connectivity index is 1.73. The molecule has 3 aromatic rings. The molecular formula is C22H21FN2O3. The number of carbonyl (C=O) groups excluding carboxylic acids is 1. The van der Waals surface area contributed by atoms with Crippen LogP contribution < -0.4 is 14.8 Å². The number of nitrogens with zero attached hydrogens (tertiary/aromatic N) is 1. The number of pyridine rings is 1. The van der Waals surface area contributed by atoms with Gasteiger partial charge in [-0.15, -0.1) is 0 Å². The Morgan fingerprint density at radius 3 is 2.61 bits per heavy atom. The maximum absolute atomic E-state index is 13.4. The highest BCUT2D eigenvalue weighted by atomic mass is 19.1. The van der Waals surface area contributed by atoms with Gasteiger partial charge in [0.25, 0.3) is 5.91 Å². The molecule has 0 saturated heterocycles. The van der Waals surface area contributed by atoms with Gasteiger partial charge < -0.3 is 14.8 Å². The van der Waals surface area contributed by atoms with E-state index in [1.54, 1.807) is 56.8 Å². The zero-order valence-corrected chi connectivity index (χ0v) is 15.7. The lowest BCUT2D eigenvalue weighted by Crippen LogP contribution is -2.26. The minimum atomic E-state index is -0.341. The number of amides is 1. The van der Waals surface area contributed by atoms with Crippen LogP contribution in [0.3, 0.4) is 0 Å². The fourth-order valence-electron chi connectivity index (χ4n) is 2.71. The van der Waals surface area contributed by atoms with E-state index in [1.807, 2.05) is 12.1 Å². The summed E-state index contributed by atoms with van der Waals surface area (Å²) in [4.78, 5) is 16.6. The predicted octanol–water partition coefficient (Wildman–Crippen LogP) is 4.30. The molecule has 3 rings (SSSR count). The van der Waals surface area contributed by atoms with Crippen molar-refractivity contribution in [2.45, 2.75) is 19.6 Å². The second-order valence-corrected chi connectivity index (χ2v) is 6.26. The van der Waals surface area contributed by atoms with Gasteiger partial charge in [0.05, 0.1) is 13.2 Å². The molecule has 0 saturated carbocycles. The van der Waals surface area contributed by atoms with E-state index in [9.17, 15) is 9.18 Å². The molecule has 1 N–H and O–H groups in total. The molecule has 1 atom stereocenters. The highest BCUT2D eigenvalue weighted by Crippen LogP contribution is 2.29. The third-order valence-electron chi connectivity index (χ3n) is 4.27. The number of ether oxygens (including phenoxy) is 2. The molecule has 2 aromatic carbocycles. The molecule has 0 radical (unpaired) electrons. The summed E-state index contributed by atoms with van der Waals surface area (Å²) in [6, 6.07) is 14.5. The van der Waals surface area contributed by atoms with Crippen LogP contribution in [-0.4, -0.2) is 18.0 Å². The molecule has 144 valence electrons. The second kappa shape index (κ2) is 8.99. The lowest BCUT2D eigenvalue weighted by atomic mass is 10.1. The van der Waals surface area contributed by atoms with Crippen molar-refractivity contribution in [1.29, 1.82) is 0 Å². The molecule has 1 amide bonds. The van der Waals surface area contributed by atoms with E-state index in [1.165, 1.54) is 12.1 Å². The van der Waals surface area contributed by atoms with Crippen LogP contribution in [0.5, 0.6) is 11.5 Å². The molecule has 0 fully saturated rings. The van der Waals surface area contributed by atoms with Gasteiger partial charge in [-0.2, -0.15) is 0 Å². The largest absolute Gasteiger partial charge is 0.493 e. The number of hydrogen-bond donors (Lipinski definition) is 1. The van der Waals surface area contributed by atoms with E-state index < -0.39 is 0 Å². The van der Waals surface area contributed by atoms with Gasteiger partial charge in [-0.3, -0.25) is 9.78 Å². The van der Waals surface area contributed by atoms with Crippen molar-refractivity contribution in [3.63, 3.8) is 0 Å². The first kappa shape index (κ1) is 19.4. The van der Waals surface area contributed by atoms with Crippen LogP contribution in [0.1, 0.15) is 34.5 Å². The van der Waals surface area contributed by atoms with Crippen LogP contribution in [0.25, 0.3) is 0 Å². The minimum Gasteiger partial charge on any atom is -0.493 e. The second-order valence-electron chi connectivity index (χ2n) is 6.26. The average Bonchev–Trinajstić information content (AvgIpc) is 2.72. The summed E-state index contributed by atoms with van der Waals surface area (Å²) in [5.41, 5.74) is 2.07. The summed E-state index contributed by atoms with van der Waals surface area (Å²) in [5, 5.41) is 2.87. The topological polar surface area (TPSA) is 60.5 Å². The van der Waals surface area contributed by atoms with Crippen molar-refractivity contribution in [2.75, 3.05) is 7.11 Å². The maximum atomic E-state index is 13.4. The number of halogens is 1. The van der Waals surface area contributed by atoms with Gasteiger partial charge in [-0.05, 0) is 60.5 Å². The lowest BCUT2D eigenvalue weighted by molar-refractivity contribution is 0.0939. The van der Waals surface area contributed by atoms with Crippen molar-refractivity contribution < 1.29 is 18.7 Å². The summed E-state index contributed by atoms with van der Waals surface area (Å²) in [5.74, 6) is 0.372. The molecule has 0 bridgehead atoms. The SMILES string of the molecule is COc1ccc(C(=O)N[C@@H](C)c2cccc(F)c2)cc1OCc1ccncc1. The number of methoxy groups -OCH3 is 1. The van der Waals surface area contributed by atoms with Gasteiger partial charge in [-0.1, -0.05) is 12.1 Å². The van der Waals surface area contributed by atoms with Gasteiger partial charge in [0.2, 0.25) is 0 Å². The smallest absolute Gasteiger partial charge is 0.251 e. The molecular weight excluding hydrogens is 359 g/mol. The van der Waals surface area contributed by atoms with E-state index in [2.05, 4.69) is 10.3 Å². The van der Waals surface area contributed by atoms with Crippen LogP contribution in [0.15, 0.2) is 67.0 Å². The number of nitrogens with one attached hydrogen (secondary N) is 1. The standard InChI is InChI=1S/C22H21FN2O3/c1-15(17-4-3-5-19(23)12-17)25-22(26)18-6-7-20(27-2)21(13-18)28-14-16-8-10-24-11-9-16/h3-13,15H,14H2,1-2H3,(H,25,26)/t15-/m0/s1. The predicted molar refractivity (Wildman–Crippen MR) is 104 cm³/mol. The molecule has 1 aromatic heterocycles. The summed E-state index contributed by atoms with van der Waals surface area (Å²) in [6.45, 7) is 2.13. The van der Waals surface area contributed by atoms with Crippen molar-refractivity contribution in [2.24, 2.45) is 0 Å². The van der Waals surface area contributed by atoms with Crippen LogP contribution in [0.2, 0.25) is 0 Å². The number of rotatable bonds is 7. The van der Waals surface area contributed by atoms with Gasteiger partial charge in [-0.25, -0.2) is 4.39 Å². The molecule has 5 nitrogen and oxygen atoms in total. The third kappa shape index (κ3) is 4.85. The number of hydrogen-bond acceptors (Lipinski definition) is 4. The summed E-state index contributed by atoms with van der Waals surface area (Å²) in [7, 11) is 1.54. The number of aromatic nitrogens is 1. The number of benzene rings is 2. The first-order chi connectivity index (χ1) is 13.6. The van der Waals surface area contributed by atoms with Gasteiger partial charge >= 0.3 is 0 Å². The minimum absolute atomic E-state index is 0.284. The molecule has 0 aliphatic rings. The molecule has 1 heterocycles. The van der Waals surface area contributed by atoms with Gasteiger partial charge in [0.15, 0.2) is 11.5 Å². The molecule has 6 heteroatoms. The van der Waals surface area contributed by atoms with E-state index >= 15 is 0 Å². The zero-order chi connectivity index (χ0) is 19.9. The first-order valence-corrected chi connectivity index (χ1v) is 8.83.